The van der Waals surface area contributed by atoms with Crippen molar-refractivity contribution in [3.05, 3.63) is 95.7 Å². The highest BCUT2D eigenvalue weighted by Crippen LogP contribution is 2.39. The number of benzene rings is 3. The number of hydrogen-bond acceptors (Lipinski definition) is 4. The minimum Gasteiger partial charge on any atom is -0.495 e. The second kappa shape index (κ2) is 7.65. The minimum atomic E-state index is -0.320. The van der Waals surface area contributed by atoms with Crippen molar-refractivity contribution in [2.45, 2.75) is 13.0 Å². The number of fused-ring (bicyclic) bond motifs is 3. The normalized spacial score (nSPS) is 15.4. The molecule has 0 unspecified atom stereocenters. The number of imidazole rings is 1. The third kappa shape index (κ3) is 3.22. The molecule has 154 valence electrons. The first-order chi connectivity index (χ1) is 15.2. The SMILES string of the molecule is COc1ccccc1NC(=O)C1=C(C)Nc2nc3ccccc3n2[C@H]1c1ccccc1. The fourth-order valence-corrected chi connectivity index (χ4v) is 4.15. The molecule has 0 saturated carbocycles. The molecular formula is C25H22N4O2. The molecule has 2 N–H and O–H groups in total. The zero-order valence-electron chi connectivity index (χ0n) is 17.3. The quantitative estimate of drug-likeness (QED) is 0.498. The van der Waals surface area contributed by atoms with E-state index in [4.69, 9.17) is 9.72 Å². The van der Waals surface area contributed by atoms with Crippen molar-refractivity contribution in [2.24, 2.45) is 0 Å². The van der Waals surface area contributed by atoms with Gasteiger partial charge in [0.05, 0.1) is 35.4 Å². The number of hydrogen-bond donors (Lipinski definition) is 2. The maximum absolute atomic E-state index is 13.6. The van der Waals surface area contributed by atoms with Gasteiger partial charge in [-0.2, -0.15) is 0 Å². The van der Waals surface area contributed by atoms with Crippen molar-refractivity contribution in [1.82, 2.24) is 9.55 Å². The van der Waals surface area contributed by atoms with E-state index in [0.29, 0.717) is 17.0 Å². The number of ether oxygens (including phenoxy) is 1. The number of para-hydroxylation sites is 4. The molecule has 0 fully saturated rings. The first kappa shape index (κ1) is 18.9. The van der Waals surface area contributed by atoms with Gasteiger partial charge in [-0.3, -0.25) is 9.36 Å². The zero-order chi connectivity index (χ0) is 21.4. The summed E-state index contributed by atoms with van der Waals surface area (Å²) in [6.45, 7) is 1.91. The fraction of sp³-hybridized carbons (Fsp3) is 0.120. The molecule has 1 atom stereocenters. The van der Waals surface area contributed by atoms with Crippen LogP contribution in [0.1, 0.15) is 18.5 Å². The van der Waals surface area contributed by atoms with Gasteiger partial charge in [-0.25, -0.2) is 4.98 Å². The Labute approximate surface area is 180 Å². The molecule has 1 aliphatic rings. The molecule has 3 aromatic carbocycles. The van der Waals surface area contributed by atoms with E-state index in [1.807, 2.05) is 85.8 Å². The second-order valence-electron chi connectivity index (χ2n) is 7.43. The van der Waals surface area contributed by atoms with Crippen molar-refractivity contribution in [3.63, 3.8) is 0 Å². The molecule has 1 aromatic heterocycles. The van der Waals surface area contributed by atoms with Gasteiger partial charge in [-0.15, -0.1) is 0 Å². The van der Waals surface area contributed by atoms with E-state index in [1.54, 1.807) is 7.11 Å². The summed E-state index contributed by atoms with van der Waals surface area (Å²) in [5.41, 5.74) is 4.89. The molecule has 2 heterocycles. The number of anilines is 2. The molecule has 0 aliphatic carbocycles. The summed E-state index contributed by atoms with van der Waals surface area (Å²) >= 11 is 0. The van der Waals surface area contributed by atoms with E-state index < -0.39 is 0 Å². The summed E-state index contributed by atoms with van der Waals surface area (Å²) in [6.07, 6.45) is 0. The standard InChI is InChI=1S/C25H22N4O2/c1-16-22(24(30)27-19-13-7-9-15-21(19)31-2)23(17-10-4-3-5-11-17)29-20-14-8-6-12-18(20)28-25(29)26-16/h3-15,23H,1-2H3,(H,26,28)(H,27,30)/t23-/m0/s1. The van der Waals surface area contributed by atoms with Gasteiger partial charge in [-0.1, -0.05) is 54.6 Å². The van der Waals surface area contributed by atoms with Crippen LogP contribution in [0.15, 0.2) is 90.1 Å². The Morgan fingerprint density at radius 3 is 2.52 bits per heavy atom. The number of aromatic nitrogens is 2. The van der Waals surface area contributed by atoms with Gasteiger partial charge in [0.25, 0.3) is 5.91 Å². The molecule has 4 aromatic rings. The molecule has 5 rings (SSSR count). The van der Waals surface area contributed by atoms with Crippen molar-refractivity contribution in [1.29, 1.82) is 0 Å². The predicted octanol–water partition coefficient (Wildman–Crippen LogP) is 4.97. The van der Waals surface area contributed by atoms with Gasteiger partial charge >= 0.3 is 0 Å². The van der Waals surface area contributed by atoms with Gasteiger partial charge in [0.15, 0.2) is 0 Å². The van der Waals surface area contributed by atoms with Crippen LogP contribution in [-0.4, -0.2) is 22.6 Å². The second-order valence-corrected chi connectivity index (χ2v) is 7.43. The van der Waals surface area contributed by atoms with Crippen LogP contribution < -0.4 is 15.4 Å². The van der Waals surface area contributed by atoms with Gasteiger partial charge in [0.2, 0.25) is 5.95 Å². The van der Waals surface area contributed by atoms with Gasteiger partial charge in [-0.05, 0) is 36.8 Å². The van der Waals surface area contributed by atoms with Crippen LogP contribution in [0.2, 0.25) is 0 Å². The number of nitrogens with zero attached hydrogens (tertiary/aromatic N) is 2. The Morgan fingerprint density at radius 1 is 1.00 bits per heavy atom. The molecule has 0 spiro atoms. The van der Waals surface area contributed by atoms with Crippen molar-refractivity contribution >= 4 is 28.6 Å². The maximum atomic E-state index is 13.6. The van der Waals surface area contributed by atoms with Gasteiger partial charge < -0.3 is 15.4 Å². The molecule has 0 bridgehead atoms. The largest absolute Gasteiger partial charge is 0.495 e. The number of methoxy groups -OCH3 is 1. The Kier molecular flexibility index (Phi) is 4.67. The Balaban J connectivity index is 1.65. The molecule has 0 saturated heterocycles. The van der Waals surface area contributed by atoms with Crippen LogP contribution in [0.25, 0.3) is 11.0 Å². The van der Waals surface area contributed by atoms with Gasteiger partial charge in [0, 0.05) is 5.70 Å². The molecule has 31 heavy (non-hydrogen) atoms. The molecule has 0 radical (unpaired) electrons. The maximum Gasteiger partial charge on any atom is 0.255 e. The highest BCUT2D eigenvalue weighted by molar-refractivity contribution is 6.07. The van der Waals surface area contributed by atoms with Crippen LogP contribution in [0.3, 0.4) is 0 Å². The number of nitrogens with one attached hydrogen (secondary N) is 2. The average Bonchev–Trinajstić information content (AvgIpc) is 3.16. The summed E-state index contributed by atoms with van der Waals surface area (Å²) in [4.78, 5) is 18.3. The molecule has 1 aliphatic heterocycles. The third-order valence-corrected chi connectivity index (χ3v) is 5.55. The van der Waals surface area contributed by atoms with Crippen molar-refractivity contribution in [3.8, 4) is 5.75 Å². The molecular weight excluding hydrogens is 388 g/mol. The summed E-state index contributed by atoms with van der Waals surface area (Å²) in [5.74, 6) is 1.15. The smallest absolute Gasteiger partial charge is 0.255 e. The van der Waals surface area contributed by atoms with Gasteiger partial charge in [0.1, 0.15) is 5.75 Å². The number of allylic oxidation sites excluding steroid dienone is 1. The van der Waals surface area contributed by atoms with Crippen LogP contribution in [-0.2, 0) is 4.79 Å². The lowest BCUT2D eigenvalue weighted by molar-refractivity contribution is -0.113. The van der Waals surface area contributed by atoms with E-state index in [2.05, 4.69) is 15.2 Å². The summed E-state index contributed by atoms with van der Waals surface area (Å²) in [7, 11) is 1.59. The third-order valence-electron chi connectivity index (χ3n) is 5.55. The highest BCUT2D eigenvalue weighted by Gasteiger charge is 2.34. The van der Waals surface area contributed by atoms with E-state index in [9.17, 15) is 4.79 Å². The molecule has 1 amide bonds. The van der Waals surface area contributed by atoms with Crippen LogP contribution in [0.5, 0.6) is 5.75 Å². The van der Waals surface area contributed by atoms with Crippen LogP contribution in [0.4, 0.5) is 11.6 Å². The number of carbonyl (C=O) groups excluding carboxylic acids is 1. The first-order valence-electron chi connectivity index (χ1n) is 10.1. The zero-order valence-corrected chi connectivity index (χ0v) is 17.3. The van der Waals surface area contributed by atoms with E-state index in [-0.39, 0.29) is 11.9 Å². The summed E-state index contributed by atoms with van der Waals surface area (Å²) in [6, 6.07) is 25.1. The fourth-order valence-electron chi connectivity index (χ4n) is 4.15. The number of rotatable bonds is 4. The van der Waals surface area contributed by atoms with E-state index >= 15 is 0 Å². The molecule has 6 heteroatoms. The highest BCUT2D eigenvalue weighted by atomic mass is 16.5. The van der Waals surface area contributed by atoms with Crippen molar-refractivity contribution in [2.75, 3.05) is 17.7 Å². The minimum absolute atomic E-state index is 0.188. The summed E-state index contributed by atoms with van der Waals surface area (Å²) in [5, 5.41) is 6.37. The lowest BCUT2D eigenvalue weighted by Crippen LogP contribution is -2.31. The topological polar surface area (TPSA) is 68.2 Å². The Hall–Kier alpha value is -4.06. The number of carbonyl (C=O) groups is 1. The number of amides is 1. The first-order valence-corrected chi connectivity index (χ1v) is 10.1. The van der Waals surface area contributed by atoms with E-state index in [0.717, 1.165) is 28.2 Å². The average molecular weight is 410 g/mol. The van der Waals surface area contributed by atoms with Crippen LogP contribution >= 0.6 is 0 Å². The van der Waals surface area contributed by atoms with E-state index in [1.165, 1.54) is 0 Å². The van der Waals surface area contributed by atoms with Crippen molar-refractivity contribution < 1.29 is 9.53 Å². The predicted molar refractivity (Wildman–Crippen MR) is 122 cm³/mol. The molecule has 6 nitrogen and oxygen atoms in total. The Bertz CT molecular complexity index is 1310. The Morgan fingerprint density at radius 2 is 1.71 bits per heavy atom. The monoisotopic (exact) mass is 410 g/mol. The van der Waals surface area contributed by atoms with Crippen LogP contribution in [0, 0.1) is 0 Å². The lowest BCUT2D eigenvalue weighted by atomic mass is 9.94. The summed E-state index contributed by atoms with van der Waals surface area (Å²) < 4.78 is 7.50. The lowest BCUT2D eigenvalue weighted by Gasteiger charge is -2.30.